The molecule has 0 fully saturated rings. The Hall–Kier alpha value is -3.16. The SMILES string of the molecule is O=c1cc2cn[nH]n2cc1-c1ccc(=O)n2[nH]cnc12. The zero-order valence-electron chi connectivity index (χ0n) is 10.1. The molecule has 8 nitrogen and oxygen atoms in total. The van der Waals surface area contributed by atoms with Gasteiger partial charge in [-0.05, 0) is 6.07 Å². The van der Waals surface area contributed by atoms with Crippen LogP contribution >= 0.6 is 0 Å². The smallest absolute Gasteiger partial charge is 0.271 e. The van der Waals surface area contributed by atoms with Crippen molar-refractivity contribution in [2.24, 2.45) is 0 Å². The second-order valence-corrected chi connectivity index (χ2v) is 4.34. The van der Waals surface area contributed by atoms with Crippen LogP contribution in [-0.2, 0) is 0 Å². The molecule has 4 aromatic heterocycles. The van der Waals surface area contributed by atoms with Crippen molar-refractivity contribution < 1.29 is 0 Å². The molecule has 4 rings (SSSR count). The number of H-pyrrole nitrogens is 2. The van der Waals surface area contributed by atoms with Crippen molar-refractivity contribution >= 4 is 11.2 Å². The van der Waals surface area contributed by atoms with E-state index >= 15 is 0 Å². The number of nitrogens with one attached hydrogen (secondary N) is 2. The summed E-state index contributed by atoms with van der Waals surface area (Å²) in [6, 6.07) is 4.47. The van der Waals surface area contributed by atoms with E-state index in [9.17, 15) is 9.59 Å². The van der Waals surface area contributed by atoms with Gasteiger partial charge in [-0.15, -0.1) is 0 Å². The maximum absolute atomic E-state index is 12.2. The van der Waals surface area contributed by atoms with Crippen LogP contribution in [-0.4, -0.2) is 29.4 Å². The van der Waals surface area contributed by atoms with Crippen LogP contribution in [0.3, 0.4) is 0 Å². The summed E-state index contributed by atoms with van der Waals surface area (Å²) < 4.78 is 2.92. The van der Waals surface area contributed by atoms with Crippen molar-refractivity contribution in [2.45, 2.75) is 0 Å². The van der Waals surface area contributed by atoms with Crippen LogP contribution < -0.4 is 11.0 Å². The zero-order valence-corrected chi connectivity index (χ0v) is 10.1. The highest BCUT2D eigenvalue weighted by Crippen LogP contribution is 2.18. The molecule has 4 aromatic rings. The van der Waals surface area contributed by atoms with Crippen LogP contribution in [0.1, 0.15) is 0 Å². The molecule has 0 unspecified atom stereocenters. The van der Waals surface area contributed by atoms with Gasteiger partial charge in [0.2, 0.25) is 0 Å². The third kappa shape index (κ3) is 1.35. The number of pyridine rings is 2. The van der Waals surface area contributed by atoms with Crippen LogP contribution in [0.15, 0.2) is 46.5 Å². The largest absolute Gasteiger partial charge is 0.289 e. The Morgan fingerprint density at radius 3 is 2.95 bits per heavy atom. The van der Waals surface area contributed by atoms with Crippen molar-refractivity contribution in [3.05, 3.63) is 57.5 Å². The zero-order chi connectivity index (χ0) is 13.7. The minimum Gasteiger partial charge on any atom is -0.289 e. The van der Waals surface area contributed by atoms with E-state index in [1.807, 2.05) is 0 Å². The van der Waals surface area contributed by atoms with E-state index in [0.717, 1.165) is 0 Å². The first-order valence-corrected chi connectivity index (χ1v) is 5.85. The average Bonchev–Trinajstić information content (AvgIpc) is 3.07. The van der Waals surface area contributed by atoms with Gasteiger partial charge in [-0.3, -0.25) is 14.7 Å². The molecule has 0 amide bonds. The minimum absolute atomic E-state index is 0.157. The number of hydrogen-bond acceptors (Lipinski definition) is 4. The normalized spacial score (nSPS) is 11.4. The second kappa shape index (κ2) is 3.67. The maximum Gasteiger partial charge on any atom is 0.271 e. The van der Waals surface area contributed by atoms with Crippen molar-refractivity contribution in [3.8, 4) is 11.1 Å². The molecule has 4 heterocycles. The van der Waals surface area contributed by atoms with Gasteiger partial charge in [0.05, 0.1) is 17.3 Å². The molecule has 0 radical (unpaired) electrons. The highest BCUT2D eigenvalue weighted by molar-refractivity contribution is 5.77. The van der Waals surface area contributed by atoms with Gasteiger partial charge < -0.3 is 0 Å². The fourth-order valence-corrected chi connectivity index (χ4v) is 2.23. The quantitative estimate of drug-likeness (QED) is 0.508. The predicted octanol–water partition coefficient (Wildman–Crippen LogP) is 0.0256. The standard InChI is InChI=1S/C12H8N6O2/c19-10-3-7-4-14-16-17(7)5-9(10)8-1-2-11(20)18-12(8)13-6-15-18/h1-6,16H,(H,13,15). The molecule has 8 heteroatoms. The number of aromatic amines is 2. The molecule has 0 aliphatic carbocycles. The Bertz CT molecular complexity index is 1050. The van der Waals surface area contributed by atoms with Crippen molar-refractivity contribution in [1.29, 1.82) is 0 Å². The summed E-state index contributed by atoms with van der Waals surface area (Å²) in [6.07, 6.45) is 4.61. The predicted molar refractivity (Wildman–Crippen MR) is 70.6 cm³/mol. The Kier molecular flexibility index (Phi) is 1.97. The number of rotatable bonds is 1. The molecular weight excluding hydrogens is 260 g/mol. The first-order valence-electron chi connectivity index (χ1n) is 5.85. The van der Waals surface area contributed by atoms with Gasteiger partial charge in [-0.25, -0.2) is 14.7 Å². The molecule has 0 aliphatic rings. The van der Waals surface area contributed by atoms with E-state index in [1.165, 1.54) is 23.0 Å². The second-order valence-electron chi connectivity index (χ2n) is 4.34. The summed E-state index contributed by atoms with van der Waals surface area (Å²) in [7, 11) is 0. The van der Waals surface area contributed by atoms with Gasteiger partial charge in [0.25, 0.3) is 5.56 Å². The molecule has 0 aromatic carbocycles. The molecule has 20 heavy (non-hydrogen) atoms. The Balaban J connectivity index is 2.13. The van der Waals surface area contributed by atoms with Crippen molar-refractivity contribution in [3.63, 3.8) is 0 Å². The van der Waals surface area contributed by atoms with Gasteiger partial charge in [0.15, 0.2) is 11.1 Å². The molecule has 0 atom stereocenters. The summed E-state index contributed by atoms with van der Waals surface area (Å²) in [5, 5.41) is 9.32. The highest BCUT2D eigenvalue weighted by atomic mass is 16.1. The molecule has 0 spiro atoms. The Morgan fingerprint density at radius 2 is 2.05 bits per heavy atom. The topological polar surface area (TPSA) is 100 Å². The molecule has 2 N–H and O–H groups in total. The highest BCUT2D eigenvalue weighted by Gasteiger charge is 2.12. The van der Waals surface area contributed by atoms with Crippen molar-refractivity contribution in [2.75, 3.05) is 0 Å². The monoisotopic (exact) mass is 268 g/mol. The third-order valence-electron chi connectivity index (χ3n) is 3.17. The molecule has 0 saturated carbocycles. The maximum atomic E-state index is 12.2. The molecule has 0 bridgehead atoms. The lowest BCUT2D eigenvalue weighted by Crippen LogP contribution is -2.14. The van der Waals surface area contributed by atoms with Gasteiger partial charge in [0, 0.05) is 23.9 Å². The van der Waals surface area contributed by atoms with Crippen LogP contribution in [0, 0.1) is 0 Å². The van der Waals surface area contributed by atoms with E-state index in [0.29, 0.717) is 22.3 Å². The first kappa shape index (κ1) is 10.7. The summed E-state index contributed by atoms with van der Waals surface area (Å²) in [6.45, 7) is 0. The molecular formula is C12H8N6O2. The van der Waals surface area contributed by atoms with Gasteiger partial charge in [0.1, 0.15) is 6.33 Å². The summed E-state index contributed by atoms with van der Waals surface area (Å²) in [5.41, 5.74) is 1.72. The summed E-state index contributed by atoms with van der Waals surface area (Å²) in [4.78, 5) is 28.0. The first-order chi connectivity index (χ1) is 9.74. The lowest BCUT2D eigenvalue weighted by molar-refractivity contribution is 0.855. The lowest BCUT2D eigenvalue weighted by atomic mass is 10.1. The van der Waals surface area contributed by atoms with E-state index in [2.05, 4.69) is 20.4 Å². The van der Waals surface area contributed by atoms with Crippen LogP contribution in [0.25, 0.3) is 22.3 Å². The number of nitrogens with zero attached hydrogens (tertiary/aromatic N) is 4. The lowest BCUT2D eigenvalue weighted by Gasteiger charge is -2.03. The van der Waals surface area contributed by atoms with Crippen molar-refractivity contribution in [1.82, 2.24) is 29.4 Å². The van der Waals surface area contributed by atoms with Gasteiger partial charge >= 0.3 is 0 Å². The number of aromatic nitrogens is 6. The Labute approximate surface area is 110 Å². The summed E-state index contributed by atoms with van der Waals surface area (Å²) >= 11 is 0. The fraction of sp³-hybridized carbons (Fsp3) is 0. The minimum atomic E-state index is -0.232. The van der Waals surface area contributed by atoms with E-state index in [1.54, 1.807) is 23.0 Å². The fourth-order valence-electron chi connectivity index (χ4n) is 2.23. The molecule has 0 saturated heterocycles. The third-order valence-corrected chi connectivity index (χ3v) is 3.17. The molecule has 98 valence electrons. The van der Waals surface area contributed by atoms with Gasteiger partial charge in [-0.2, -0.15) is 9.61 Å². The van der Waals surface area contributed by atoms with E-state index in [4.69, 9.17) is 0 Å². The van der Waals surface area contributed by atoms with Crippen LogP contribution in [0.5, 0.6) is 0 Å². The van der Waals surface area contributed by atoms with Crippen LogP contribution in [0.2, 0.25) is 0 Å². The Morgan fingerprint density at radius 1 is 1.15 bits per heavy atom. The van der Waals surface area contributed by atoms with Crippen LogP contribution in [0.4, 0.5) is 0 Å². The number of hydrogen-bond donors (Lipinski definition) is 2. The number of fused-ring (bicyclic) bond motifs is 2. The molecule has 0 aliphatic heterocycles. The average molecular weight is 268 g/mol. The van der Waals surface area contributed by atoms with Gasteiger partial charge in [-0.1, -0.05) is 0 Å². The summed E-state index contributed by atoms with van der Waals surface area (Å²) in [5.74, 6) is 0. The van der Waals surface area contributed by atoms with E-state index < -0.39 is 0 Å². The van der Waals surface area contributed by atoms with E-state index in [-0.39, 0.29) is 11.0 Å².